The number of benzene rings is 1. The highest BCUT2D eigenvalue weighted by Gasteiger charge is 2.24. The molecule has 1 atom stereocenters. The van der Waals surface area contributed by atoms with Crippen LogP contribution < -0.4 is 0 Å². The maximum atomic E-state index is 6.32. The Labute approximate surface area is 146 Å². The summed E-state index contributed by atoms with van der Waals surface area (Å²) in [5.74, 6) is 0. The van der Waals surface area contributed by atoms with Gasteiger partial charge in [0, 0.05) is 29.2 Å². The van der Waals surface area contributed by atoms with Gasteiger partial charge in [0.1, 0.15) is 12.7 Å². The van der Waals surface area contributed by atoms with Gasteiger partial charge in [-0.2, -0.15) is 5.10 Å². The molecule has 1 aliphatic heterocycles. The number of rotatable bonds is 4. The van der Waals surface area contributed by atoms with Crippen molar-refractivity contribution in [3.8, 4) is 0 Å². The predicted octanol–water partition coefficient (Wildman–Crippen LogP) is 3.53. The van der Waals surface area contributed by atoms with Gasteiger partial charge in [-0.15, -0.1) is 0 Å². The Bertz CT molecular complexity index is 817. The largest absolute Gasteiger partial charge is 0.294 e. The number of nitrogens with zero attached hydrogens (tertiary/aromatic N) is 5. The van der Waals surface area contributed by atoms with Crippen LogP contribution in [0.5, 0.6) is 0 Å². The van der Waals surface area contributed by atoms with Crippen molar-refractivity contribution in [1.82, 2.24) is 24.6 Å². The van der Waals surface area contributed by atoms with E-state index in [1.54, 1.807) is 12.7 Å². The van der Waals surface area contributed by atoms with Crippen LogP contribution in [-0.2, 0) is 13.1 Å². The Morgan fingerprint density at radius 2 is 2.17 bits per heavy atom. The van der Waals surface area contributed by atoms with Crippen molar-refractivity contribution in [1.29, 1.82) is 0 Å². The molecule has 0 spiro atoms. The molecule has 124 valence electrons. The third-order valence-corrected chi connectivity index (χ3v) is 5.12. The number of halogens is 1. The molecular formula is C18H20ClN5. The minimum atomic E-state index is 0.481. The van der Waals surface area contributed by atoms with E-state index in [-0.39, 0.29) is 0 Å². The summed E-state index contributed by atoms with van der Waals surface area (Å²) in [6.45, 7) is 2.89. The van der Waals surface area contributed by atoms with E-state index < -0.39 is 0 Å². The molecule has 1 fully saturated rings. The van der Waals surface area contributed by atoms with Crippen molar-refractivity contribution in [2.75, 3.05) is 6.54 Å². The van der Waals surface area contributed by atoms with Gasteiger partial charge in [-0.3, -0.25) is 14.6 Å². The zero-order valence-corrected chi connectivity index (χ0v) is 14.2. The standard InChI is InChI=1S/C18H20ClN5/c19-17-7-6-14(18-16(17)5-3-8-21-18)10-23-9-2-1-4-15(23)11-24-13-20-12-22-24/h3,5-8,12-13,15H,1-2,4,9-11H2/t15-/m1/s1. The average Bonchev–Trinajstić information content (AvgIpc) is 3.12. The van der Waals surface area contributed by atoms with E-state index in [9.17, 15) is 0 Å². The first-order chi connectivity index (χ1) is 11.8. The SMILES string of the molecule is Clc1ccc(CN2CCCC[C@@H]2Cn2cncn2)c2ncccc12. The smallest absolute Gasteiger partial charge is 0.137 e. The Morgan fingerprint density at radius 3 is 3.04 bits per heavy atom. The van der Waals surface area contributed by atoms with Gasteiger partial charge < -0.3 is 0 Å². The Kier molecular flexibility index (Phi) is 4.45. The summed E-state index contributed by atoms with van der Waals surface area (Å²) in [7, 11) is 0. The first-order valence-corrected chi connectivity index (χ1v) is 8.77. The molecule has 5 nitrogen and oxygen atoms in total. The van der Waals surface area contributed by atoms with E-state index in [0.717, 1.165) is 35.6 Å². The van der Waals surface area contributed by atoms with Crippen molar-refractivity contribution >= 4 is 22.5 Å². The molecule has 1 aromatic carbocycles. The van der Waals surface area contributed by atoms with Crippen LogP contribution in [0.1, 0.15) is 24.8 Å². The maximum absolute atomic E-state index is 6.32. The topological polar surface area (TPSA) is 46.8 Å². The monoisotopic (exact) mass is 341 g/mol. The number of pyridine rings is 1. The summed E-state index contributed by atoms with van der Waals surface area (Å²) in [6.07, 6.45) is 8.95. The van der Waals surface area contributed by atoms with Crippen LogP contribution in [0.2, 0.25) is 5.02 Å². The highest BCUT2D eigenvalue weighted by molar-refractivity contribution is 6.35. The summed E-state index contributed by atoms with van der Waals surface area (Å²) in [4.78, 5) is 11.2. The van der Waals surface area contributed by atoms with Crippen molar-refractivity contribution in [3.63, 3.8) is 0 Å². The van der Waals surface area contributed by atoms with Crippen LogP contribution in [0.25, 0.3) is 10.9 Å². The zero-order chi connectivity index (χ0) is 16.4. The molecule has 0 radical (unpaired) electrons. The summed E-state index contributed by atoms with van der Waals surface area (Å²) >= 11 is 6.32. The number of hydrogen-bond donors (Lipinski definition) is 0. The van der Waals surface area contributed by atoms with Gasteiger partial charge in [0.25, 0.3) is 0 Å². The average molecular weight is 342 g/mol. The van der Waals surface area contributed by atoms with E-state index in [1.807, 2.05) is 29.1 Å². The fraction of sp³-hybridized carbons (Fsp3) is 0.389. The van der Waals surface area contributed by atoms with Crippen molar-refractivity contribution in [2.45, 2.75) is 38.4 Å². The van der Waals surface area contributed by atoms with Gasteiger partial charge in [0.05, 0.1) is 12.1 Å². The zero-order valence-electron chi connectivity index (χ0n) is 13.5. The Morgan fingerprint density at radius 1 is 1.21 bits per heavy atom. The molecule has 0 aliphatic carbocycles. The summed E-state index contributed by atoms with van der Waals surface area (Å²) in [6, 6.07) is 8.55. The Hall–Kier alpha value is -1.98. The van der Waals surface area contributed by atoms with Crippen LogP contribution in [0, 0.1) is 0 Å². The van der Waals surface area contributed by atoms with Gasteiger partial charge in [0.15, 0.2) is 0 Å². The summed E-state index contributed by atoms with van der Waals surface area (Å²) < 4.78 is 1.93. The quantitative estimate of drug-likeness (QED) is 0.728. The third kappa shape index (κ3) is 3.14. The highest BCUT2D eigenvalue weighted by atomic mass is 35.5. The van der Waals surface area contributed by atoms with E-state index in [2.05, 4.69) is 26.0 Å². The molecule has 3 heterocycles. The first kappa shape index (κ1) is 15.5. The molecule has 2 aromatic heterocycles. The van der Waals surface area contributed by atoms with E-state index in [1.165, 1.54) is 24.8 Å². The second kappa shape index (κ2) is 6.87. The van der Waals surface area contributed by atoms with E-state index >= 15 is 0 Å². The fourth-order valence-corrected chi connectivity index (χ4v) is 3.78. The van der Waals surface area contributed by atoms with Crippen LogP contribution in [-0.4, -0.2) is 37.2 Å². The lowest BCUT2D eigenvalue weighted by Crippen LogP contribution is -2.41. The van der Waals surface area contributed by atoms with Crippen LogP contribution in [0.3, 0.4) is 0 Å². The summed E-state index contributed by atoms with van der Waals surface area (Å²) in [5.41, 5.74) is 2.25. The summed E-state index contributed by atoms with van der Waals surface area (Å²) in [5, 5.41) is 6.06. The predicted molar refractivity (Wildman–Crippen MR) is 94.8 cm³/mol. The minimum Gasteiger partial charge on any atom is -0.294 e. The van der Waals surface area contributed by atoms with Crippen LogP contribution in [0.4, 0.5) is 0 Å². The third-order valence-electron chi connectivity index (χ3n) is 4.79. The molecule has 4 rings (SSSR count). The molecule has 3 aromatic rings. The van der Waals surface area contributed by atoms with E-state index in [0.29, 0.717) is 6.04 Å². The van der Waals surface area contributed by atoms with Gasteiger partial charge in [0.2, 0.25) is 0 Å². The minimum absolute atomic E-state index is 0.481. The number of hydrogen-bond acceptors (Lipinski definition) is 4. The molecular weight excluding hydrogens is 322 g/mol. The molecule has 1 saturated heterocycles. The molecule has 0 saturated carbocycles. The lowest BCUT2D eigenvalue weighted by Gasteiger charge is -2.35. The van der Waals surface area contributed by atoms with Crippen molar-refractivity contribution in [3.05, 3.63) is 53.7 Å². The first-order valence-electron chi connectivity index (χ1n) is 8.40. The number of fused-ring (bicyclic) bond motifs is 1. The molecule has 0 N–H and O–H groups in total. The Balaban J connectivity index is 1.60. The normalized spacial score (nSPS) is 19.0. The van der Waals surface area contributed by atoms with Crippen molar-refractivity contribution < 1.29 is 0 Å². The molecule has 1 aliphatic rings. The number of likely N-dealkylation sites (tertiary alicyclic amines) is 1. The van der Waals surface area contributed by atoms with E-state index in [4.69, 9.17) is 11.6 Å². The molecule has 0 bridgehead atoms. The lowest BCUT2D eigenvalue weighted by atomic mass is 10.0. The van der Waals surface area contributed by atoms with Gasteiger partial charge in [-0.25, -0.2) is 4.98 Å². The maximum Gasteiger partial charge on any atom is 0.137 e. The number of piperidine rings is 1. The number of aromatic nitrogens is 4. The van der Waals surface area contributed by atoms with Gasteiger partial charge in [-0.05, 0) is 43.1 Å². The highest BCUT2D eigenvalue weighted by Crippen LogP contribution is 2.28. The van der Waals surface area contributed by atoms with Crippen LogP contribution >= 0.6 is 11.6 Å². The lowest BCUT2D eigenvalue weighted by molar-refractivity contribution is 0.122. The fourth-order valence-electron chi connectivity index (χ4n) is 3.56. The molecule has 24 heavy (non-hydrogen) atoms. The molecule has 0 amide bonds. The second-order valence-corrected chi connectivity index (χ2v) is 6.75. The van der Waals surface area contributed by atoms with Gasteiger partial charge in [-0.1, -0.05) is 24.1 Å². The molecule has 0 unspecified atom stereocenters. The van der Waals surface area contributed by atoms with Gasteiger partial charge >= 0.3 is 0 Å². The second-order valence-electron chi connectivity index (χ2n) is 6.34. The van der Waals surface area contributed by atoms with Crippen molar-refractivity contribution in [2.24, 2.45) is 0 Å². The molecule has 6 heteroatoms. The van der Waals surface area contributed by atoms with Crippen LogP contribution in [0.15, 0.2) is 43.1 Å².